The molecule has 0 spiro atoms. The molecule has 1 aromatic heterocycles. The normalized spacial score (nSPS) is 10.6. The predicted octanol–water partition coefficient (Wildman–Crippen LogP) is 4.37. The topological polar surface area (TPSA) is 62.3 Å². The summed E-state index contributed by atoms with van der Waals surface area (Å²) in [6.45, 7) is 5.94. The SMILES string of the molecule is Cc1cccc(-c2nc(CC(=O)N(C)CC(=O)Nc3c(C)cccc3C)cs2)c1. The maximum absolute atomic E-state index is 12.5. The van der Waals surface area contributed by atoms with Crippen molar-refractivity contribution in [1.29, 1.82) is 0 Å². The molecule has 3 aromatic rings. The Morgan fingerprint density at radius 1 is 1.07 bits per heavy atom. The number of anilines is 1. The molecule has 3 rings (SSSR count). The highest BCUT2D eigenvalue weighted by Crippen LogP contribution is 2.25. The van der Waals surface area contributed by atoms with E-state index in [9.17, 15) is 9.59 Å². The molecule has 5 nitrogen and oxygen atoms in total. The molecule has 0 radical (unpaired) electrons. The van der Waals surface area contributed by atoms with Crippen LogP contribution in [0.2, 0.25) is 0 Å². The summed E-state index contributed by atoms with van der Waals surface area (Å²) in [5.74, 6) is -0.347. The second-order valence-electron chi connectivity index (χ2n) is 7.26. The highest BCUT2D eigenvalue weighted by molar-refractivity contribution is 7.13. The van der Waals surface area contributed by atoms with Crippen LogP contribution in [0, 0.1) is 20.8 Å². The fourth-order valence-electron chi connectivity index (χ4n) is 3.08. The van der Waals surface area contributed by atoms with E-state index in [0.29, 0.717) is 0 Å². The number of hydrogen-bond donors (Lipinski definition) is 1. The van der Waals surface area contributed by atoms with Gasteiger partial charge in [-0.1, -0.05) is 42.0 Å². The van der Waals surface area contributed by atoms with Gasteiger partial charge in [-0.25, -0.2) is 4.98 Å². The van der Waals surface area contributed by atoms with Crippen molar-refractivity contribution in [2.24, 2.45) is 0 Å². The first kappa shape index (κ1) is 20.7. The van der Waals surface area contributed by atoms with Crippen molar-refractivity contribution in [3.05, 3.63) is 70.2 Å². The van der Waals surface area contributed by atoms with Gasteiger partial charge in [0.15, 0.2) is 0 Å². The zero-order chi connectivity index (χ0) is 21.0. The van der Waals surface area contributed by atoms with Gasteiger partial charge in [0.05, 0.1) is 18.7 Å². The van der Waals surface area contributed by atoms with Crippen LogP contribution in [0.25, 0.3) is 10.6 Å². The molecule has 0 unspecified atom stereocenters. The van der Waals surface area contributed by atoms with E-state index in [4.69, 9.17) is 0 Å². The lowest BCUT2D eigenvalue weighted by Crippen LogP contribution is -2.36. The number of hydrogen-bond acceptors (Lipinski definition) is 4. The van der Waals surface area contributed by atoms with Crippen molar-refractivity contribution >= 4 is 28.8 Å². The fraction of sp³-hybridized carbons (Fsp3) is 0.261. The van der Waals surface area contributed by atoms with Crippen molar-refractivity contribution < 1.29 is 9.59 Å². The molecule has 1 heterocycles. The second-order valence-corrected chi connectivity index (χ2v) is 8.11. The first-order valence-electron chi connectivity index (χ1n) is 9.45. The summed E-state index contributed by atoms with van der Waals surface area (Å²) >= 11 is 1.52. The Labute approximate surface area is 175 Å². The summed E-state index contributed by atoms with van der Waals surface area (Å²) in [4.78, 5) is 31.0. The van der Waals surface area contributed by atoms with Crippen molar-refractivity contribution in [2.75, 3.05) is 18.9 Å². The molecule has 0 atom stereocenters. The van der Waals surface area contributed by atoms with Crippen LogP contribution >= 0.6 is 11.3 Å². The summed E-state index contributed by atoms with van der Waals surface area (Å²) in [5.41, 5.74) is 5.75. The number of amides is 2. The van der Waals surface area contributed by atoms with Gasteiger partial charge in [0.2, 0.25) is 11.8 Å². The number of para-hydroxylation sites is 1. The molecule has 0 bridgehead atoms. The Bertz CT molecular complexity index is 1020. The average molecular weight is 408 g/mol. The Morgan fingerprint density at radius 2 is 1.76 bits per heavy atom. The molecule has 150 valence electrons. The third-order valence-corrected chi connectivity index (χ3v) is 5.64. The van der Waals surface area contributed by atoms with Crippen LogP contribution < -0.4 is 5.32 Å². The summed E-state index contributed by atoms with van der Waals surface area (Å²) in [7, 11) is 1.64. The lowest BCUT2D eigenvalue weighted by atomic mass is 10.1. The lowest BCUT2D eigenvalue weighted by Gasteiger charge is -2.17. The minimum absolute atomic E-state index is 0.00147. The number of rotatable bonds is 6. The van der Waals surface area contributed by atoms with Crippen LogP contribution in [0.15, 0.2) is 47.8 Å². The second kappa shape index (κ2) is 9.01. The van der Waals surface area contributed by atoms with E-state index in [2.05, 4.69) is 16.4 Å². The Morgan fingerprint density at radius 3 is 2.45 bits per heavy atom. The number of aryl methyl sites for hydroxylation is 3. The first-order valence-corrected chi connectivity index (χ1v) is 10.3. The molecule has 1 N–H and O–H groups in total. The van der Waals surface area contributed by atoms with E-state index in [1.54, 1.807) is 7.05 Å². The van der Waals surface area contributed by atoms with E-state index >= 15 is 0 Å². The third-order valence-electron chi connectivity index (χ3n) is 4.70. The van der Waals surface area contributed by atoms with Gasteiger partial charge < -0.3 is 10.2 Å². The molecule has 6 heteroatoms. The van der Waals surface area contributed by atoms with E-state index in [-0.39, 0.29) is 24.8 Å². The number of carbonyl (C=O) groups excluding carboxylic acids is 2. The zero-order valence-electron chi connectivity index (χ0n) is 17.2. The monoisotopic (exact) mass is 407 g/mol. The molecule has 0 saturated carbocycles. The van der Waals surface area contributed by atoms with Gasteiger partial charge in [0.25, 0.3) is 0 Å². The Hall–Kier alpha value is -2.99. The first-order chi connectivity index (χ1) is 13.8. The summed E-state index contributed by atoms with van der Waals surface area (Å²) in [6.07, 6.45) is 0.176. The predicted molar refractivity (Wildman–Crippen MR) is 118 cm³/mol. The molecule has 0 aliphatic rings. The van der Waals surface area contributed by atoms with Crippen molar-refractivity contribution in [1.82, 2.24) is 9.88 Å². The molecule has 0 saturated heterocycles. The van der Waals surface area contributed by atoms with Gasteiger partial charge in [-0.2, -0.15) is 0 Å². The quantitative estimate of drug-likeness (QED) is 0.660. The Balaban J connectivity index is 1.59. The number of carbonyl (C=O) groups is 2. The molecular formula is C23H25N3O2S. The van der Waals surface area contributed by atoms with Gasteiger partial charge in [-0.05, 0) is 38.0 Å². The number of nitrogens with zero attached hydrogens (tertiary/aromatic N) is 2. The molecule has 0 aliphatic carbocycles. The van der Waals surface area contributed by atoms with Crippen molar-refractivity contribution in [2.45, 2.75) is 27.2 Å². The minimum atomic E-state index is -0.211. The third kappa shape index (κ3) is 5.29. The molecule has 2 aromatic carbocycles. The summed E-state index contributed by atoms with van der Waals surface area (Å²) in [5, 5.41) is 5.71. The van der Waals surface area contributed by atoms with Crippen molar-refractivity contribution in [3.8, 4) is 10.6 Å². The largest absolute Gasteiger partial charge is 0.336 e. The van der Waals surface area contributed by atoms with Gasteiger partial charge in [-0.3, -0.25) is 9.59 Å². The number of thiazole rings is 1. The van der Waals surface area contributed by atoms with Crippen LogP contribution in [-0.2, 0) is 16.0 Å². The van der Waals surface area contributed by atoms with Gasteiger partial charge in [0.1, 0.15) is 5.01 Å². The van der Waals surface area contributed by atoms with E-state index < -0.39 is 0 Å². The number of nitrogens with one attached hydrogen (secondary N) is 1. The van der Waals surface area contributed by atoms with Gasteiger partial charge in [0, 0.05) is 23.7 Å². The molecule has 0 aliphatic heterocycles. The average Bonchev–Trinajstić information content (AvgIpc) is 3.13. The van der Waals surface area contributed by atoms with Crippen molar-refractivity contribution in [3.63, 3.8) is 0 Å². The van der Waals surface area contributed by atoms with Gasteiger partial charge in [-0.15, -0.1) is 11.3 Å². The minimum Gasteiger partial charge on any atom is -0.336 e. The standard InChI is InChI=1S/C23H25N3O2S/c1-15-7-5-10-18(11-15)23-24-19(14-29-23)12-21(28)26(4)13-20(27)25-22-16(2)8-6-9-17(22)3/h5-11,14H,12-13H2,1-4H3,(H,25,27). The molecule has 2 amide bonds. The fourth-order valence-corrected chi connectivity index (χ4v) is 3.90. The Kier molecular flexibility index (Phi) is 6.44. The number of likely N-dealkylation sites (N-methyl/N-ethyl adjacent to an activating group) is 1. The highest BCUT2D eigenvalue weighted by atomic mass is 32.1. The van der Waals surface area contributed by atoms with Gasteiger partial charge >= 0.3 is 0 Å². The van der Waals surface area contributed by atoms with E-state index in [0.717, 1.165) is 33.1 Å². The van der Waals surface area contributed by atoms with Crippen LogP contribution in [0.5, 0.6) is 0 Å². The summed E-state index contributed by atoms with van der Waals surface area (Å²) < 4.78 is 0. The summed E-state index contributed by atoms with van der Waals surface area (Å²) in [6, 6.07) is 14.0. The maximum Gasteiger partial charge on any atom is 0.243 e. The molecular weight excluding hydrogens is 382 g/mol. The smallest absolute Gasteiger partial charge is 0.243 e. The van der Waals surface area contributed by atoms with E-state index in [1.165, 1.54) is 21.8 Å². The van der Waals surface area contributed by atoms with Crippen LogP contribution in [0.4, 0.5) is 5.69 Å². The number of benzene rings is 2. The van der Waals surface area contributed by atoms with Crippen LogP contribution in [-0.4, -0.2) is 35.3 Å². The zero-order valence-corrected chi connectivity index (χ0v) is 18.0. The highest BCUT2D eigenvalue weighted by Gasteiger charge is 2.16. The number of aromatic nitrogens is 1. The molecule has 29 heavy (non-hydrogen) atoms. The van der Waals surface area contributed by atoms with Crippen LogP contribution in [0.1, 0.15) is 22.4 Å². The lowest BCUT2D eigenvalue weighted by molar-refractivity contribution is -0.132. The molecule has 0 fully saturated rings. The van der Waals surface area contributed by atoms with E-state index in [1.807, 2.05) is 62.5 Å². The van der Waals surface area contributed by atoms with Crippen LogP contribution in [0.3, 0.4) is 0 Å². The maximum atomic E-state index is 12.5.